The topological polar surface area (TPSA) is 74.3 Å². The van der Waals surface area contributed by atoms with Gasteiger partial charge in [-0.1, -0.05) is 74.6 Å². The molecule has 9 heteroatoms. The van der Waals surface area contributed by atoms with E-state index in [1.54, 1.807) is 22.9 Å². The van der Waals surface area contributed by atoms with E-state index >= 15 is 0 Å². The van der Waals surface area contributed by atoms with E-state index in [0.717, 1.165) is 11.3 Å². The first-order valence-electron chi connectivity index (χ1n) is 12.7. The first-order valence-corrected chi connectivity index (χ1v) is 13.5. The molecule has 3 heterocycles. The molecule has 0 aliphatic heterocycles. The zero-order chi connectivity index (χ0) is 28.0. The Hall–Kier alpha value is -4.63. The van der Waals surface area contributed by atoms with Gasteiger partial charge in [0.05, 0.1) is 17.3 Å². The maximum Gasteiger partial charge on any atom is 0.291 e. The SMILES string of the molecule is COc1ccc(-c2nn(-c3ccccc3)cc2C=c2sc3nc(-c4ccc(C(C)(C)C)cc4)nn3c2=O)cc1F. The third kappa shape index (κ3) is 4.69. The van der Waals surface area contributed by atoms with Crippen molar-refractivity contribution in [3.8, 4) is 34.1 Å². The average Bonchev–Trinajstić information content (AvgIpc) is 3.64. The number of rotatable bonds is 5. The van der Waals surface area contributed by atoms with Crippen LogP contribution in [-0.2, 0) is 5.41 Å². The normalized spacial score (nSPS) is 12.4. The Bertz CT molecular complexity index is 1950. The molecule has 3 aromatic heterocycles. The molecule has 0 unspecified atom stereocenters. The second-order valence-corrected chi connectivity index (χ2v) is 11.4. The van der Waals surface area contributed by atoms with Gasteiger partial charge in [-0.3, -0.25) is 4.79 Å². The van der Waals surface area contributed by atoms with Crippen LogP contribution in [0.3, 0.4) is 0 Å². The number of aromatic nitrogens is 5. The Morgan fingerprint density at radius 3 is 2.33 bits per heavy atom. The van der Waals surface area contributed by atoms with E-state index in [1.807, 2.05) is 48.7 Å². The molecule has 0 N–H and O–H groups in total. The van der Waals surface area contributed by atoms with E-state index in [4.69, 9.17) is 9.84 Å². The lowest BCUT2D eigenvalue weighted by Crippen LogP contribution is -2.23. The molecule has 0 atom stereocenters. The van der Waals surface area contributed by atoms with E-state index in [1.165, 1.54) is 34.6 Å². The van der Waals surface area contributed by atoms with Gasteiger partial charge in [-0.2, -0.15) is 14.6 Å². The minimum Gasteiger partial charge on any atom is -0.494 e. The third-order valence-electron chi connectivity index (χ3n) is 6.67. The highest BCUT2D eigenvalue weighted by atomic mass is 32.1. The van der Waals surface area contributed by atoms with Crippen molar-refractivity contribution in [1.29, 1.82) is 0 Å². The zero-order valence-corrected chi connectivity index (χ0v) is 23.2. The minimum absolute atomic E-state index is 0.0399. The van der Waals surface area contributed by atoms with Gasteiger partial charge in [-0.25, -0.2) is 9.07 Å². The summed E-state index contributed by atoms with van der Waals surface area (Å²) in [6.07, 6.45) is 3.58. The smallest absolute Gasteiger partial charge is 0.291 e. The molecule has 200 valence electrons. The second-order valence-electron chi connectivity index (χ2n) is 10.4. The summed E-state index contributed by atoms with van der Waals surface area (Å²) in [6, 6.07) is 22.4. The Labute approximate surface area is 233 Å². The van der Waals surface area contributed by atoms with Crippen LogP contribution in [0.1, 0.15) is 31.9 Å². The lowest BCUT2D eigenvalue weighted by Gasteiger charge is -2.18. The first-order chi connectivity index (χ1) is 19.2. The predicted molar refractivity (Wildman–Crippen MR) is 156 cm³/mol. The molecular formula is C31H26FN5O2S. The van der Waals surface area contributed by atoms with Gasteiger partial charge >= 0.3 is 0 Å². The number of halogens is 1. The molecule has 6 rings (SSSR count). The van der Waals surface area contributed by atoms with Crippen LogP contribution in [0.2, 0.25) is 0 Å². The fraction of sp³-hybridized carbons (Fsp3) is 0.161. The number of nitrogens with zero attached hydrogens (tertiary/aromatic N) is 5. The maximum atomic E-state index is 14.6. The number of fused-ring (bicyclic) bond motifs is 1. The summed E-state index contributed by atoms with van der Waals surface area (Å²) in [5, 5.41) is 9.24. The summed E-state index contributed by atoms with van der Waals surface area (Å²) in [5.41, 5.74) is 4.42. The van der Waals surface area contributed by atoms with E-state index in [0.29, 0.717) is 32.1 Å². The maximum absolute atomic E-state index is 14.6. The van der Waals surface area contributed by atoms with E-state index in [9.17, 15) is 9.18 Å². The Morgan fingerprint density at radius 2 is 1.68 bits per heavy atom. The Kier molecular flexibility index (Phi) is 6.31. The number of hydrogen-bond donors (Lipinski definition) is 0. The monoisotopic (exact) mass is 551 g/mol. The number of methoxy groups -OCH3 is 1. The molecule has 6 aromatic rings. The molecular weight excluding hydrogens is 525 g/mol. The van der Waals surface area contributed by atoms with Gasteiger partial charge < -0.3 is 4.74 Å². The quantitative estimate of drug-likeness (QED) is 0.276. The van der Waals surface area contributed by atoms with Gasteiger partial charge in [-0.05, 0) is 47.4 Å². The molecule has 3 aromatic carbocycles. The lowest BCUT2D eigenvalue weighted by molar-refractivity contribution is 0.386. The highest BCUT2D eigenvalue weighted by Crippen LogP contribution is 2.29. The Morgan fingerprint density at radius 1 is 0.950 bits per heavy atom. The highest BCUT2D eigenvalue weighted by Gasteiger charge is 2.17. The first kappa shape index (κ1) is 25.6. The van der Waals surface area contributed by atoms with Crippen molar-refractivity contribution in [3.63, 3.8) is 0 Å². The zero-order valence-electron chi connectivity index (χ0n) is 22.4. The van der Waals surface area contributed by atoms with Crippen LogP contribution in [0.4, 0.5) is 4.39 Å². The molecule has 0 saturated heterocycles. The lowest BCUT2D eigenvalue weighted by atomic mass is 9.87. The van der Waals surface area contributed by atoms with Crippen molar-refractivity contribution >= 4 is 22.4 Å². The van der Waals surface area contributed by atoms with Gasteiger partial charge in [-0.15, -0.1) is 5.10 Å². The Balaban J connectivity index is 1.44. The largest absolute Gasteiger partial charge is 0.494 e. The summed E-state index contributed by atoms with van der Waals surface area (Å²) in [4.78, 5) is 18.5. The van der Waals surface area contributed by atoms with Gasteiger partial charge in [0.15, 0.2) is 17.4 Å². The molecule has 0 aliphatic carbocycles. The predicted octanol–water partition coefficient (Wildman–Crippen LogP) is 5.66. The molecule has 0 amide bonds. The van der Waals surface area contributed by atoms with Gasteiger partial charge in [0.25, 0.3) is 5.56 Å². The van der Waals surface area contributed by atoms with Crippen LogP contribution in [0.15, 0.2) is 83.8 Å². The molecule has 0 spiro atoms. The standard InChI is InChI=1S/C31H26FN5O2S/c1-31(2,3)22-13-10-19(11-14-22)28-33-30-37(35-28)29(38)26(40-30)17-21-18-36(23-8-6-5-7-9-23)34-27(21)20-12-15-25(39-4)24(32)16-20/h5-18H,1-4H3. The summed E-state index contributed by atoms with van der Waals surface area (Å²) in [6.45, 7) is 6.48. The summed E-state index contributed by atoms with van der Waals surface area (Å²) in [7, 11) is 1.42. The van der Waals surface area contributed by atoms with Crippen LogP contribution >= 0.6 is 11.3 Å². The molecule has 0 bridgehead atoms. The van der Waals surface area contributed by atoms with E-state index in [2.05, 4.69) is 43.0 Å². The third-order valence-corrected chi connectivity index (χ3v) is 7.63. The second kappa shape index (κ2) is 9.84. The molecule has 40 heavy (non-hydrogen) atoms. The number of benzene rings is 3. The van der Waals surface area contributed by atoms with Gasteiger partial charge in [0.1, 0.15) is 5.69 Å². The van der Waals surface area contributed by atoms with Gasteiger partial charge in [0, 0.05) is 22.9 Å². The molecule has 0 aliphatic rings. The van der Waals surface area contributed by atoms with E-state index in [-0.39, 0.29) is 16.7 Å². The van der Waals surface area contributed by atoms with Crippen molar-refractivity contribution in [1.82, 2.24) is 24.4 Å². The van der Waals surface area contributed by atoms with Crippen molar-refractivity contribution in [3.05, 3.63) is 111 Å². The average molecular weight is 552 g/mol. The summed E-state index contributed by atoms with van der Waals surface area (Å²) >= 11 is 1.25. The molecule has 7 nitrogen and oxygen atoms in total. The van der Waals surface area contributed by atoms with Crippen molar-refractivity contribution in [2.45, 2.75) is 26.2 Å². The van der Waals surface area contributed by atoms with Crippen LogP contribution in [0.25, 0.3) is 39.4 Å². The molecule has 0 radical (unpaired) electrons. The van der Waals surface area contributed by atoms with Crippen LogP contribution in [0.5, 0.6) is 5.75 Å². The van der Waals surface area contributed by atoms with E-state index < -0.39 is 5.82 Å². The fourth-order valence-electron chi connectivity index (χ4n) is 4.46. The number of para-hydroxylation sites is 1. The van der Waals surface area contributed by atoms with Crippen molar-refractivity contribution in [2.24, 2.45) is 0 Å². The molecule has 0 saturated carbocycles. The van der Waals surface area contributed by atoms with Crippen LogP contribution in [0, 0.1) is 5.82 Å². The van der Waals surface area contributed by atoms with Crippen molar-refractivity contribution in [2.75, 3.05) is 7.11 Å². The number of ether oxygens (including phenoxy) is 1. The summed E-state index contributed by atoms with van der Waals surface area (Å²) < 4.78 is 23.2. The van der Waals surface area contributed by atoms with Crippen LogP contribution in [-0.4, -0.2) is 31.5 Å². The number of thiazole rings is 1. The highest BCUT2D eigenvalue weighted by molar-refractivity contribution is 7.15. The summed E-state index contributed by atoms with van der Waals surface area (Å²) in [5.74, 6) is 0.154. The van der Waals surface area contributed by atoms with Gasteiger partial charge in [0.2, 0.25) is 4.96 Å². The fourth-order valence-corrected chi connectivity index (χ4v) is 5.36. The van der Waals surface area contributed by atoms with Crippen LogP contribution < -0.4 is 14.8 Å². The minimum atomic E-state index is -0.494. The number of hydrogen-bond acceptors (Lipinski definition) is 6. The molecule has 0 fully saturated rings. The van der Waals surface area contributed by atoms with Crippen molar-refractivity contribution < 1.29 is 9.13 Å².